The lowest BCUT2D eigenvalue weighted by Gasteiger charge is -2.19. The van der Waals surface area contributed by atoms with E-state index < -0.39 is 7.60 Å². The highest BCUT2D eigenvalue weighted by Gasteiger charge is 2.21. The van der Waals surface area contributed by atoms with E-state index >= 15 is 0 Å². The second-order valence-electron chi connectivity index (χ2n) is 4.61. The molecule has 0 radical (unpaired) electrons. The molecule has 1 aromatic rings. The van der Waals surface area contributed by atoms with Crippen molar-refractivity contribution in [2.75, 3.05) is 26.3 Å². The predicted molar refractivity (Wildman–Crippen MR) is 91.4 cm³/mol. The lowest BCUT2D eigenvalue weighted by atomic mass is 10.1. The zero-order chi connectivity index (χ0) is 17.3. The van der Waals surface area contributed by atoms with Gasteiger partial charge in [0.2, 0.25) is 0 Å². The molecule has 0 aliphatic carbocycles. The summed E-state index contributed by atoms with van der Waals surface area (Å²) in [6.45, 7) is 9.09. The molecule has 0 bridgehead atoms. The van der Waals surface area contributed by atoms with E-state index in [1.807, 2.05) is 13.8 Å². The monoisotopic (exact) mass is 340 g/mol. The van der Waals surface area contributed by atoms with Gasteiger partial charge in [0.15, 0.2) is 0 Å². The van der Waals surface area contributed by atoms with Crippen molar-refractivity contribution in [1.82, 2.24) is 9.88 Å². The van der Waals surface area contributed by atoms with Crippen LogP contribution in [0.4, 0.5) is 0 Å². The SMILES string of the molecule is CCOP(=O)(/C=C/c1cccnc1C(=O)N(CC)CC)OCC. The smallest absolute Gasteiger partial charge is 0.338 e. The molecule has 0 fully saturated rings. The number of amides is 1. The molecule has 7 heteroatoms. The van der Waals surface area contributed by atoms with Crippen LogP contribution in [0.15, 0.2) is 24.1 Å². The summed E-state index contributed by atoms with van der Waals surface area (Å²) in [6, 6.07) is 3.48. The first-order valence-electron chi connectivity index (χ1n) is 7.83. The molecule has 0 unspecified atom stereocenters. The summed E-state index contributed by atoms with van der Waals surface area (Å²) in [5, 5.41) is 0. The Balaban J connectivity index is 3.12. The van der Waals surface area contributed by atoms with Crippen LogP contribution in [-0.2, 0) is 13.6 Å². The molecule has 0 N–H and O–H groups in total. The van der Waals surface area contributed by atoms with Crippen LogP contribution in [0, 0.1) is 0 Å². The zero-order valence-electron chi connectivity index (χ0n) is 14.2. The second-order valence-corrected chi connectivity index (χ2v) is 6.50. The van der Waals surface area contributed by atoms with Crippen LogP contribution in [0.3, 0.4) is 0 Å². The van der Waals surface area contributed by atoms with Gasteiger partial charge in [-0.05, 0) is 39.8 Å². The molecule has 1 amide bonds. The van der Waals surface area contributed by atoms with Gasteiger partial charge in [0, 0.05) is 30.7 Å². The van der Waals surface area contributed by atoms with Gasteiger partial charge < -0.3 is 13.9 Å². The van der Waals surface area contributed by atoms with E-state index in [0.29, 0.717) is 24.3 Å². The van der Waals surface area contributed by atoms with Crippen LogP contribution >= 0.6 is 7.60 Å². The van der Waals surface area contributed by atoms with Gasteiger partial charge in [-0.1, -0.05) is 6.07 Å². The third kappa shape index (κ3) is 5.57. The van der Waals surface area contributed by atoms with Crippen molar-refractivity contribution >= 4 is 19.6 Å². The van der Waals surface area contributed by atoms with Gasteiger partial charge in [0.25, 0.3) is 5.91 Å². The minimum Gasteiger partial charge on any atom is -0.338 e. The number of hydrogen-bond donors (Lipinski definition) is 0. The Kier molecular flexibility index (Phi) is 8.17. The fraction of sp³-hybridized carbons (Fsp3) is 0.500. The van der Waals surface area contributed by atoms with Crippen LogP contribution in [0.1, 0.15) is 43.7 Å². The zero-order valence-corrected chi connectivity index (χ0v) is 15.1. The number of carbonyl (C=O) groups is 1. The van der Waals surface area contributed by atoms with E-state index in [1.54, 1.807) is 43.2 Å². The number of aromatic nitrogens is 1. The highest BCUT2D eigenvalue weighted by molar-refractivity contribution is 7.57. The van der Waals surface area contributed by atoms with Crippen molar-refractivity contribution in [3.63, 3.8) is 0 Å². The van der Waals surface area contributed by atoms with Gasteiger partial charge in [0.1, 0.15) is 5.69 Å². The lowest BCUT2D eigenvalue weighted by Crippen LogP contribution is -2.31. The first kappa shape index (κ1) is 19.6. The Bertz CT molecular complexity index is 575. The minimum atomic E-state index is -3.31. The average molecular weight is 340 g/mol. The van der Waals surface area contributed by atoms with Crippen molar-refractivity contribution in [1.29, 1.82) is 0 Å². The quantitative estimate of drug-likeness (QED) is 0.640. The van der Waals surface area contributed by atoms with E-state index in [2.05, 4.69) is 4.98 Å². The molecule has 0 aromatic carbocycles. The molecule has 0 aliphatic heterocycles. The first-order valence-corrected chi connectivity index (χ1v) is 9.44. The maximum atomic E-state index is 12.5. The molecule has 0 spiro atoms. The van der Waals surface area contributed by atoms with E-state index in [9.17, 15) is 9.36 Å². The molecule has 1 rings (SSSR count). The first-order chi connectivity index (χ1) is 11.0. The van der Waals surface area contributed by atoms with Gasteiger partial charge >= 0.3 is 7.60 Å². The number of carbonyl (C=O) groups excluding carboxylic acids is 1. The number of pyridine rings is 1. The molecule has 128 valence electrons. The Morgan fingerprint density at radius 2 is 1.83 bits per heavy atom. The summed E-state index contributed by atoms with van der Waals surface area (Å²) in [5.41, 5.74) is 0.913. The summed E-state index contributed by atoms with van der Waals surface area (Å²) >= 11 is 0. The van der Waals surface area contributed by atoms with Gasteiger partial charge in [-0.3, -0.25) is 14.3 Å². The second kappa shape index (κ2) is 9.60. The summed E-state index contributed by atoms with van der Waals surface area (Å²) in [4.78, 5) is 18.4. The van der Waals surface area contributed by atoms with Crippen LogP contribution in [0.25, 0.3) is 6.08 Å². The van der Waals surface area contributed by atoms with Crippen molar-refractivity contribution < 1.29 is 18.4 Å². The molecule has 0 atom stereocenters. The van der Waals surface area contributed by atoms with Gasteiger partial charge in [-0.2, -0.15) is 0 Å². The Morgan fingerprint density at radius 3 is 2.35 bits per heavy atom. The minimum absolute atomic E-state index is 0.155. The Morgan fingerprint density at radius 1 is 1.22 bits per heavy atom. The highest BCUT2D eigenvalue weighted by Crippen LogP contribution is 2.50. The number of rotatable bonds is 9. The average Bonchev–Trinajstić information content (AvgIpc) is 2.55. The van der Waals surface area contributed by atoms with Crippen LogP contribution in [-0.4, -0.2) is 42.1 Å². The Labute approximate surface area is 138 Å². The molecular weight excluding hydrogens is 315 g/mol. The molecule has 0 saturated heterocycles. The van der Waals surface area contributed by atoms with E-state index in [0.717, 1.165) is 0 Å². The number of nitrogens with zero attached hydrogens (tertiary/aromatic N) is 2. The third-order valence-electron chi connectivity index (χ3n) is 3.15. The van der Waals surface area contributed by atoms with Crippen molar-refractivity contribution in [2.24, 2.45) is 0 Å². The maximum Gasteiger partial charge on any atom is 0.354 e. The number of hydrogen-bond acceptors (Lipinski definition) is 5. The topological polar surface area (TPSA) is 68.7 Å². The molecular formula is C16H25N2O4P. The van der Waals surface area contributed by atoms with Crippen LogP contribution in [0.5, 0.6) is 0 Å². The van der Waals surface area contributed by atoms with Gasteiger partial charge in [-0.25, -0.2) is 0 Å². The van der Waals surface area contributed by atoms with Gasteiger partial charge in [-0.15, -0.1) is 0 Å². The molecule has 23 heavy (non-hydrogen) atoms. The predicted octanol–water partition coefficient (Wildman–Crippen LogP) is 3.80. The summed E-state index contributed by atoms with van der Waals surface area (Å²) in [6.07, 6.45) is 3.15. The fourth-order valence-electron chi connectivity index (χ4n) is 2.05. The van der Waals surface area contributed by atoms with Crippen molar-refractivity contribution in [3.05, 3.63) is 35.4 Å². The summed E-state index contributed by atoms with van der Waals surface area (Å²) in [5.74, 6) is 1.23. The van der Waals surface area contributed by atoms with Crippen molar-refractivity contribution in [2.45, 2.75) is 27.7 Å². The largest absolute Gasteiger partial charge is 0.354 e. The van der Waals surface area contributed by atoms with E-state index in [4.69, 9.17) is 9.05 Å². The summed E-state index contributed by atoms with van der Waals surface area (Å²) < 4.78 is 22.9. The third-order valence-corrected chi connectivity index (χ3v) is 4.90. The van der Waals surface area contributed by atoms with Crippen LogP contribution in [0.2, 0.25) is 0 Å². The van der Waals surface area contributed by atoms with E-state index in [1.165, 1.54) is 5.82 Å². The van der Waals surface area contributed by atoms with Crippen LogP contribution < -0.4 is 0 Å². The van der Waals surface area contributed by atoms with E-state index in [-0.39, 0.29) is 19.1 Å². The van der Waals surface area contributed by atoms with Crippen molar-refractivity contribution in [3.8, 4) is 0 Å². The Hall–Kier alpha value is -1.49. The molecule has 6 nitrogen and oxygen atoms in total. The maximum absolute atomic E-state index is 12.5. The lowest BCUT2D eigenvalue weighted by molar-refractivity contribution is 0.0767. The molecule has 1 aromatic heterocycles. The summed E-state index contributed by atoms with van der Waals surface area (Å²) in [7, 11) is -3.31. The molecule has 0 aliphatic rings. The van der Waals surface area contributed by atoms with Gasteiger partial charge in [0.05, 0.1) is 13.2 Å². The highest BCUT2D eigenvalue weighted by atomic mass is 31.2. The fourth-order valence-corrected chi connectivity index (χ4v) is 3.36. The normalized spacial score (nSPS) is 11.8. The molecule has 1 heterocycles. The standard InChI is InChI=1S/C16H25N2O4P/c1-5-18(6-2)16(19)15-14(10-9-12-17-15)11-13-23(20,21-7-3)22-8-4/h9-13H,5-8H2,1-4H3/b13-11+. The molecule has 0 saturated carbocycles.